The van der Waals surface area contributed by atoms with E-state index in [0.717, 1.165) is 15.6 Å². The molecule has 2 N–H and O–H groups in total. The molecule has 3 rings (SSSR count). The summed E-state index contributed by atoms with van der Waals surface area (Å²) in [5.74, 6) is 0.0297. The molecule has 0 aliphatic carbocycles. The van der Waals surface area contributed by atoms with Crippen LogP contribution in [0.25, 0.3) is 11.0 Å². The molecular formula is C14H10Br2FN3. The fourth-order valence-electron chi connectivity index (χ4n) is 2.12. The van der Waals surface area contributed by atoms with E-state index in [4.69, 9.17) is 5.73 Å². The lowest BCUT2D eigenvalue weighted by Crippen LogP contribution is -2.04. The van der Waals surface area contributed by atoms with Gasteiger partial charge in [-0.05, 0) is 39.7 Å². The predicted octanol–water partition coefficient (Wildman–Crippen LogP) is 4.33. The molecular weight excluding hydrogens is 389 g/mol. The molecule has 0 saturated heterocycles. The van der Waals surface area contributed by atoms with Gasteiger partial charge in [-0.2, -0.15) is 0 Å². The second-order valence-corrected chi connectivity index (χ2v) is 6.21. The van der Waals surface area contributed by atoms with Crippen molar-refractivity contribution >= 4 is 48.8 Å². The molecule has 0 fully saturated rings. The number of anilines is 1. The summed E-state index contributed by atoms with van der Waals surface area (Å²) >= 11 is 6.63. The van der Waals surface area contributed by atoms with Crippen molar-refractivity contribution in [2.75, 3.05) is 5.73 Å². The van der Waals surface area contributed by atoms with E-state index in [0.29, 0.717) is 22.5 Å². The molecule has 1 heterocycles. The second kappa shape index (κ2) is 5.18. The molecule has 2 aromatic carbocycles. The number of fused-ring (bicyclic) bond motifs is 1. The summed E-state index contributed by atoms with van der Waals surface area (Å²) in [5.41, 5.74) is 8.39. The largest absolute Gasteiger partial charge is 0.369 e. The first-order chi connectivity index (χ1) is 9.54. The van der Waals surface area contributed by atoms with Gasteiger partial charge in [-0.15, -0.1) is 0 Å². The average molecular weight is 399 g/mol. The van der Waals surface area contributed by atoms with Crippen LogP contribution in [-0.4, -0.2) is 9.55 Å². The molecule has 0 radical (unpaired) electrons. The lowest BCUT2D eigenvalue weighted by Gasteiger charge is -2.07. The molecule has 0 saturated carbocycles. The van der Waals surface area contributed by atoms with Crippen molar-refractivity contribution in [3.63, 3.8) is 0 Å². The van der Waals surface area contributed by atoms with Crippen molar-refractivity contribution in [2.45, 2.75) is 6.54 Å². The van der Waals surface area contributed by atoms with Crippen LogP contribution in [0.2, 0.25) is 0 Å². The highest BCUT2D eigenvalue weighted by molar-refractivity contribution is 9.10. The van der Waals surface area contributed by atoms with Crippen LogP contribution >= 0.6 is 31.9 Å². The number of halogens is 3. The van der Waals surface area contributed by atoms with Gasteiger partial charge in [-0.25, -0.2) is 9.37 Å². The van der Waals surface area contributed by atoms with E-state index in [9.17, 15) is 4.39 Å². The minimum atomic E-state index is -0.343. The Morgan fingerprint density at radius 2 is 2.00 bits per heavy atom. The predicted molar refractivity (Wildman–Crippen MR) is 85.0 cm³/mol. The van der Waals surface area contributed by atoms with Gasteiger partial charge in [0.05, 0.1) is 22.1 Å². The summed E-state index contributed by atoms with van der Waals surface area (Å²) in [6.45, 7) is 0.583. The number of aromatic nitrogens is 2. The lowest BCUT2D eigenvalue weighted by molar-refractivity contribution is 0.622. The van der Waals surface area contributed by atoms with Crippen molar-refractivity contribution in [3.8, 4) is 0 Å². The molecule has 0 spiro atoms. The Balaban J connectivity index is 2.11. The topological polar surface area (TPSA) is 43.8 Å². The third-order valence-electron chi connectivity index (χ3n) is 3.05. The molecule has 3 aromatic rings. The second-order valence-electron chi connectivity index (χ2n) is 4.44. The molecule has 1 aromatic heterocycles. The maximum atomic E-state index is 13.5. The Kier molecular flexibility index (Phi) is 3.52. The normalized spacial score (nSPS) is 11.2. The van der Waals surface area contributed by atoms with Crippen LogP contribution in [0.4, 0.5) is 10.3 Å². The molecule has 20 heavy (non-hydrogen) atoms. The highest BCUT2D eigenvalue weighted by Gasteiger charge is 2.12. The smallest absolute Gasteiger partial charge is 0.201 e. The van der Waals surface area contributed by atoms with Crippen LogP contribution < -0.4 is 5.73 Å². The zero-order valence-corrected chi connectivity index (χ0v) is 13.4. The van der Waals surface area contributed by atoms with E-state index in [-0.39, 0.29) is 5.82 Å². The van der Waals surface area contributed by atoms with Gasteiger partial charge in [0.1, 0.15) is 5.82 Å². The maximum Gasteiger partial charge on any atom is 0.201 e. The molecule has 3 nitrogen and oxygen atoms in total. The van der Waals surface area contributed by atoms with Gasteiger partial charge in [0.2, 0.25) is 5.95 Å². The number of benzene rings is 2. The number of nitrogens with zero attached hydrogens (tertiary/aromatic N) is 2. The number of rotatable bonds is 2. The standard InChI is InChI=1S/C14H10Br2FN3/c15-9-3-1-2-8(4-9)7-20-13-5-10(16)11(17)6-12(13)19-14(20)18/h1-6H,7H2,(H2,18,19). The average Bonchev–Trinajstić information content (AvgIpc) is 2.67. The van der Waals surface area contributed by atoms with E-state index >= 15 is 0 Å². The molecule has 0 atom stereocenters. The fraction of sp³-hybridized carbons (Fsp3) is 0.0714. The Morgan fingerprint density at radius 3 is 2.75 bits per heavy atom. The zero-order valence-electron chi connectivity index (χ0n) is 10.3. The van der Waals surface area contributed by atoms with Gasteiger partial charge in [-0.1, -0.05) is 28.1 Å². The summed E-state index contributed by atoms with van der Waals surface area (Å²) in [6.07, 6.45) is 0. The van der Waals surface area contributed by atoms with Crippen molar-refractivity contribution in [2.24, 2.45) is 0 Å². The molecule has 102 valence electrons. The highest BCUT2D eigenvalue weighted by Crippen LogP contribution is 2.26. The quantitative estimate of drug-likeness (QED) is 0.698. The van der Waals surface area contributed by atoms with Crippen molar-refractivity contribution in [1.82, 2.24) is 9.55 Å². The van der Waals surface area contributed by atoms with Crippen LogP contribution in [0, 0.1) is 5.82 Å². The lowest BCUT2D eigenvalue weighted by atomic mass is 10.2. The van der Waals surface area contributed by atoms with Gasteiger partial charge in [-0.3, -0.25) is 0 Å². The summed E-state index contributed by atoms with van der Waals surface area (Å²) in [7, 11) is 0. The van der Waals surface area contributed by atoms with Gasteiger partial charge >= 0.3 is 0 Å². The van der Waals surface area contributed by atoms with Crippen LogP contribution in [0.15, 0.2) is 45.3 Å². The van der Waals surface area contributed by atoms with Gasteiger partial charge < -0.3 is 10.3 Å². The van der Waals surface area contributed by atoms with E-state index in [1.165, 1.54) is 6.07 Å². The van der Waals surface area contributed by atoms with Crippen molar-refractivity contribution in [3.05, 3.63) is 56.7 Å². The number of hydrogen-bond donors (Lipinski definition) is 1. The van der Waals surface area contributed by atoms with Crippen molar-refractivity contribution in [1.29, 1.82) is 0 Å². The number of nitrogens with two attached hydrogens (primary N) is 1. The van der Waals surface area contributed by atoms with Gasteiger partial charge in [0, 0.05) is 10.5 Å². The Hall–Kier alpha value is -1.40. The summed E-state index contributed by atoms with van der Waals surface area (Å²) in [4.78, 5) is 4.20. The van der Waals surface area contributed by atoms with E-state index in [1.807, 2.05) is 28.8 Å². The van der Waals surface area contributed by atoms with Crippen LogP contribution in [-0.2, 0) is 6.54 Å². The van der Waals surface area contributed by atoms with Gasteiger partial charge in [0.15, 0.2) is 0 Å². The monoisotopic (exact) mass is 397 g/mol. The number of nitrogen functional groups attached to an aromatic ring is 1. The molecule has 0 amide bonds. The first-order valence-electron chi connectivity index (χ1n) is 5.90. The third-order valence-corrected chi connectivity index (χ3v) is 4.15. The summed E-state index contributed by atoms with van der Waals surface area (Å²) < 4.78 is 16.8. The van der Waals surface area contributed by atoms with Crippen LogP contribution in [0.3, 0.4) is 0 Å². The third kappa shape index (κ3) is 2.45. The van der Waals surface area contributed by atoms with Gasteiger partial charge in [0.25, 0.3) is 0 Å². The van der Waals surface area contributed by atoms with Crippen LogP contribution in [0.1, 0.15) is 5.56 Å². The minimum Gasteiger partial charge on any atom is -0.369 e. The van der Waals surface area contributed by atoms with E-state index in [1.54, 1.807) is 6.07 Å². The molecule has 0 aliphatic heterocycles. The number of hydrogen-bond acceptors (Lipinski definition) is 2. The fourth-order valence-corrected chi connectivity index (χ4v) is 2.90. The molecule has 0 unspecified atom stereocenters. The molecule has 6 heteroatoms. The Morgan fingerprint density at radius 1 is 1.20 bits per heavy atom. The first-order valence-corrected chi connectivity index (χ1v) is 7.48. The Bertz CT molecular complexity index is 798. The van der Waals surface area contributed by atoms with Crippen molar-refractivity contribution < 1.29 is 4.39 Å². The van der Waals surface area contributed by atoms with E-state index in [2.05, 4.69) is 36.8 Å². The van der Waals surface area contributed by atoms with Crippen LogP contribution in [0.5, 0.6) is 0 Å². The first kappa shape index (κ1) is 13.6. The minimum absolute atomic E-state index is 0.343. The zero-order chi connectivity index (χ0) is 14.3. The summed E-state index contributed by atoms with van der Waals surface area (Å²) in [6, 6.07) is 11.0. The van der Waals surface area contributed by atoms with E-state index < -0.39 is 0 Å². The highest BCUT2D eigenvalue weighted by atomic mass is 79.9. The SMILES string of the molecule is Nc1nc2cc(F)c(Br)cc2n1Cc1cccc(Br)c1. The molecule has 0 bridgehead atoms. The maximum absolute atomic E-state index is 13.5. The Labute approximate surface area is 131 Å². The molecule has 0 aliphatic rings. The number of imidazole rings is 1. The summed E-state index contributed by atoms with van der Waals surface area (Å²) in [5, 5.41) is 0.